The number of ether oxygens (including phenoxy) is 3. The van der Waals surface area contributed by atoms with Crippen molar-refractivity contribution in [1.82, 2.24) is 15.0 Å². The second-order valence-electron chi connectivity index (χ2n) is 8.36. The van der Waals surface area contributed by atoms with Crippen LogP contribution in [0.2, 0.25) is 0 Å². The van der Waals surface area contributed by atoms with E-state index in [1.165, 1.54) is 0 Å². The van der Waals surface area contributed by atoms with Crippen LogP contribution >= 0.6 is 0 Å². The monoisotopic (exact) mass is 407 g/mol. The number of carbonyl (C=O) groups excluding carboxylic acids is 1. The Kier molecular flexibility index (Phi) is 7.51. The van der Waals surface area contributed by atoms with Gasteiger partial charge in [-0.2, -0.15) is 4.98 Å². The van der Waals surface area contributed by atoms with Crippen molar-refractivity contribution in [2.45, 2.75) is 57.4 Å². The zero-order chi connectivity index (χ0) is 19.9. The molecule has 8 heteroatoms. The molecule has 0 aromatic carbocycles. The fourth-order valence-electron chi connectivity index (χ4n) is 4.46. The van der Waals surface area contributed by atoms with Crippen LogP contribution in [0.4, 0.5) is 0 Å². The molecule has 4 heterocycles. The van der Waals surface area contributed by atoms with Crippen LogP contribution in [-0.2, 0) is 25.4 Å². The van der Waals surface area contributed by atoms with Gasteiger partial charge in [-0.3, -0.25) is 4.79 Å². The predicted molar refractivity (Wildman–Crippen MR) is 104 cm³/mol. The van der Waals surface area contributed by atoms with E-state index in [9.17, 15) is 4.79 Å². The van der Waals surface area contributed by atoms with E-state index >= 15 is 0 Å². The SMILES string of the molecule is O=C(C1CCOCC1)N1CCCCC1c1nc(CCOCC2CCOCC2)no1. The number of rotatable bonds is 7. The van der Waals surface area contributed by atoms with Gasteiger partial charge in [0.05, 0.1) is 6.61 Å². The Hall–Kier alpha value is -1.51. The standard InChI is InChI=1S/C21H33N3O5/c25-21(17-6-12-27-13-7-17)24-9-2-1-3-18(24)20-22-19(23-29-20)8-14-28-15-16-4-10-26-11-5-16/h16-18H,1-15H2. The fourth-order valence-corrected chi connectivity index (χ4v) is 4.46. The molecule has 1 amide bonds. The normalized spacial score (nSPS) is 24.7. The first-order valence-corrected chi connectivity index (χ1v) is 11.2. The smallest absolute Gasteiger partial charge is 0.249 e. The molecule has 8 nitrogen and oxygen atoms in total. The van der Waals surface area contributed by atoms with Crippen molar-refractivity contribution >= 4 is 5.91 Å². The van der Waals surface area contributed by atoms with E-state index in [2.05, 4.69) is 10.1 Å². The summed E-state index contributed by atoms with van der Waals surface area (Å²) in [6.07, 6.45) is 7.39. The molecule has 1 aromatic rings. The average molecular weight is 408 g/mol. The third-order valence-corrected chi connectivity index (χ3v) is 6.29. The van der Waals surface area contributed by atoms with Gasteiger partial charge in [0.1, 0.15) is 6.04 Å². The highest BCUT2D eigenvalue weighted by Gasteiger charge is 2.35. The summed E-state index contributed by atoms with van der Waals surface area (Å²) in [4.78, 5) is 19.6. The molecule has 4 rings (SSSR count). The summed E-state index contributed by atoms with van der Waals surface area (Å²) in [7, 11) is 0. The molecule has 1 atom stereocenters. The van der Waals surface area contributed by atoms with Gasteiger partial charge in [-0.05, 0) is 50.9 Å². The molecule has 3 fully saturated rings. The number of nitrogens with zero attached hydrogens (tertiary/aromatic N) is 3. The molecule has 0 radical (unpaired) electrons. The third kappa shape index (κ3) is 5.55. The lowest BCUT2D eigenvalue weighted by molar-refractivity contribution is -0.143. The maximum Gasteiger partial charge on any atom is 0.249 e. The highest BCUT2D eigenvalue weighted by atomic mass is 16.5. The van der Waals surface area contributed by atoms with Crippen LogP contribution in [0.1, 0.15) is 62.7 Å². The van der Waals surface area contributed by atoms with Crippen molar-refractivity contribution in [2.75, 3.05) is 46.2 Å². The van der Waals surface area contributed by atoms with Crippen molar-refractivity contribution in [1.29, 1.82) is 0 Å². The number of carbonyl (C=O) groups is 1. The Morgan fingerprint density at radius 2 is 1.79 bits per heavy atom. The lowest BCUT2D eigenvalue weighted by Gasteiger charge is -2.36. The lowest BCUT2D eigenvalue weighted by Crippen LogP contribution is -2.43. The van der Waals surface area contributed by atoms with Gasteiger partial charge in [-0.25, -0.2) is 0 Å². The van der Waals surface area contributed by atoms with Crippen molar-refractivity contribution in [2.24, 2.45) is 11.8 Å². The predicted octanol–water partition coefficient (Wildman–Crippen LogP) is 2.54. The van der Waals surface area contributed by atoms with Crippen LogP contribution in [0, 0.1) is 11.8 Å². The average Bonchev–Trinajstić information content (AvgIpc) is 3.26. The van der Waals surface area contributed by atoms with Crippen LogP contribution in [-0.4, -0.2) is 67.1 Å². The van der Waals surface area contributed by atoms with Gasteiger partial charge in [-0.1, -0.05) is 5.16 Å². The molecule has 0 N–H and O–H groups in total. The number of hydrogen-bond acceptors (Lipinski definition) is 7. The first-order chi connectivity index (χ1) is 14.3. The van der Waals surface area contributed by atoms with Gasteiger partial charge in [0.2, 0.25) is 11.8 Å². The molecule has 162 valence electrons. The summed E-state index contributed by atoms with van der Waals surface area (Å²) in [6, 6.07) is -0.0940. The molecule has 0 aliphatic carbocycles. The number of piperidine rings is 1. The topological polar surface area (TPSA) is 86.9 Å². The Morgan fingerprint density at radius 1 is 1.03 bits per heavy atom. The van der Waals surface area contributed by atoms with E-state index in [1.807, 2.05) is 4.90 Å². The van der Waals surface area contributed by atoms with E-state index in [0.29, 0.717) is 43.9 Å². The zero-order valence-electron chi connectivity index (χ0n) is 17.2. The molecular weight excluding hydrogens is 374 g/mol. The van der Waals surface area contributed by atoms with Gasteiger partial charge in [-0.15, -0.1) is 0 Å². The molecule has 1 unspecified atom stereocenters. The van der Waals surface area contributed by atoms with Crippen molar-refractivity contribution in [3.63, 3.8) is 0 Å². The second-order valence-corrected chi connectivity index (χ2v) is 8.36. The molecule has 1 aromatic heterocycles. The summed E-state index contributed by atoms with van der Waals surface area (Å²) >= 11 is 0. The molecular formula is C21H33N3O5. The number of amides is 1. The molecule has 0 saturated carbocycles. The Balaban J connectivity index is 1.28. The third-order valence-electron chi connectivity index (χ3n) is 6.29. The van der Waals surface area contributed by atoms with Crippen LogP contribution < -0.4 is 0 Å². The maximum atomic E-state index is 13.1. The molecule has 0 bridgehead atoms. The minimum atomic E-state index is -0.0940. The van der Waals surface area contributed by atoms with E-state index in [-0.39, 0.29) is 17.9 Å². The quantitative estimate of drug-likeness (QED) is 0.642. The number of aromatic nitrogens is 2. The van der Waals surface area contributed by atoms with Crippen molar-refractivity contribution in [3.8, 4) is 0 Å². The molecule has 3 aliphatic rings. The molecule has 3 aliphatic heterocycles. The van der Waals surface area contributed by atoms with Crippen molar-refractivity contribution in [3.05, 3.63) is 11.7 Å². The van der Waals surface area contributed by atoms with Gasteiger partial charge in [0, 0.05) is 51.9 Å². The van der Waals surface area contributed by atoms with Gasteiger partial charge in [0.15, 0.2) is 5.82 Å². The Morgan fingerprint density at radius 3 is 2.59 bits per heavy atom. The molecule has 0 spiro atoms. The van der Waals surface area contributed by atoms with Crippen molar-refractivity contribution < 1.29 is 23.5 Å². The Bertz CT molecular complexity index is 640. The van der Waals surface area contributed by atoms with E-state index in [4.69, 9.17) is 18.7 Å². The highest BCUT2D eigenvalue weighted by Crippen LogP contribution is 2.32. The summed E-state index contributed by atoms with van der Waals surface area (Å²) in [5.74, 6) is 2.11. The van der Waals surface area contributed by atoms with Gasteiger partial charge in [0.25, 0.3) is 0 Å². The van der Waals surface area contributed by atoms with Crippen LogP contribution in [0.25, 0.3) is 0 Å². The summed E-state index contributed by atoms with van der Waals surface area (Å²) in [5, 5.41) is 4.14. The number of hydrogen-bond donors (Lipinski definition) is 0. The zero-order valence-corrected chi connectivity index (χ0v) is 17.2. The van der Waals surface area contributed by atoms with Gasteiger partial charge < -0.3 is 23.6 Å². The summed E-state index contributed by atoms with van der Waals surface area (Å²) in [6.45, 7) is 5.16. The van der Waals surface area contributed by atoms with Gasteiger partial charge >= 0.3 is 0 Å². The summed E-state index contributed by atoms with van der Waals surface area (Å²) in [5.41, 5.74) is 0. The highest BCUT2D eigenvalue weighted by molar-refractivity contribution is 5.79. The largest absolute Gasteiger partial charge is 0.381 e. The minimum Gasteiger partial charge on any atom is -0.381 e. The van der Waals surface area contributed by atoms with E-state index in [1.54, 1.807) is 0 Å². The van der Waals surface area contributed by atoms with Crippen LogP contribution in [0.15, 0.2) is 4.52 Å². The van der Waals surface area contributed by atoms with Crippen LogP contribution in [0.3, 0.4) is 0 Å². The second kappa shape index (κ2) is 10.5. The maximum absolute atomic E-state index is 13.1. The minimum absolute atomic E-state index is 0.0605. The Labute approximate surface area is 172 Å². The first-order valence-electron chi connectivity index (χ1n) is 11.2. The molecule has 29 heavy (non-hydrogen) atoms. The first kappa shape index (κ1) is 20.8. The fraction of sp³-hybridized carbons (Fsp3) is 0.857. The number of likely N-dealkylation sites (tertiary alicyclic amines) is 1. The van der Waals surface area contributed by atoms with E-state index in [0.717, 1.165) is 71.3 Å². The summed E-state index contributed by atoms with van der Waals surface area (Å²) < 4.78 is 22.2. The lowest BCUT2D eigenvalue weighted by atomic mass is 9.94. The molecule has 3 saturated heterocycles. The van der Waals surface area contributed by atoms with Crippen LogP contribution in [0.5, 0.6) is 0 Å². The van der Waals surface area contributed by atoms with E-state index < -0.39 is 0 Å².